The first kappa shape index (κ1) is 7.98. The monoisotopic (exact) mass is 146 g/mol. The maximum atomic E-state index is 9.52. The largest absolute Gasteiger partial charge is 0.365 e. The van der Waals surface area contributed by atoms with Crippen molar-refractivity contribution in [1.29, 1.82) is 0 Å². The zero-order chi connectivity index (χ0) is 7.45. The summed E-state index contributed by atoms with van der Waals surface area (Å²) in [5, 5.41) is 9.52. The minimum Gasteiger partial charge on any atom is -0.365 e. The van der Waals surface area contributed by atoms with E-state index in [9.17, 15) is 5.11 Å². The molecule has 0 radical (unpaired) electrons. The fraction of sp³-hybridized carbons (Fsp3) is 1.00. The summed E-state index contributed by atoms with van der Waals surface area (Å²) < 4.78 is 9.76. The van der Waals surface area contributed by atoms with E-state index in [1.54, 1.807) is 7.11 Å². The Morgan fingerprint density at radius 3 is 2.50 bits per heavy atom. The highest BCUT2D eigenvalue weighted by molar-refractivity contribution is 4.73. The van der Waals surface area contributed by atoms with Gasteiger partial charge in [-0.15, -0.1) is 0 Å². The molecule has 0 unspecified atom stereocenters. The van der Waals surface area contributed by atoms with Crippen molar-refractivity contribution in [3.63, 3.8) is 0 Å². The number of hydrogen-bond donors (Lipinski definition) is 1. The maximum Gasteiger partial charge on any atom is 0.168 e. The van der Waals surface area contributed by atoms with Gasteiger partial charge in [0, 0.05) is 20.0 Å². The Labute approximate surface area is 60.9 Å². The smallest absolute Gasteiger partial charge is 0.168 e. The topological polar surface area (TPSA) is 38.7 Å². The van der Waals surface area contributed by atoms with Crippen LogP contribution in [0.25, 0.3) is 0 Å². The lowest BCUT2D eigenvalue weighted by molar-refractivity contribution is -0.237. The molecule has 1 saturated carbocycles. The van der Waals surface area contributed by atoms with Crippen molar-refractivity contribution in [3.8, 4) is 0 Å². The third kappa shape index (κ3) is 1.94. The molecule has 60 valence electrons. The molecular weight excluding hydrogens is 132 g/mol. The minimum atomic E-state index is -0.879. The van der Waals surface area contributed by atoms with Gasteiger partial charge >= 0.3 is 0 Å². The van der Waals surface area contributed by atoms with Crippen LogP contribution in [0, 0.1) is 0 Å². The quantitative estimate of drug-likeness (QED) is 0.600. The molecule has 1 aliphatic rings. The molecule has 0 heterocycles. The number of ether oxygens (including phenoxy) is 2. The molecule has 1 aliphatic carbocycles. The average Bonchev–Trinajstić information content (AvgIpc) is 2.33. The van der Waals surface area contributed by atoms with E-state index in [0.717, 1.165) is 25.7 Å². The lowest BCUT2D eigenvalue weighted by Crippen LogP contribution is -2.28. The van der Waals surface area contributed by atoms with E-state index in [2.05, 4.69) is 4.74 Å². The van der Waals surface area contributed by atoms with Crippen LogP contribution in [0.5, 0.6) is 0 Å². The molecule has 0 aromatic rings. The minimum absolute atomic E-state index is 0.191. The van der Waals surface area contributed by atoms with Crippen molar-refractivity contribution < 1.29 is 14.6 Å². The zero-order valence-electron chi connectivity index (χ0n) is 6.30. The van der Waals surface area contributed by atoms with Gasteiger partial charge in [0.05, 0.1) is 0 Å². The molecule has 0 bridgehead atoms. The van der Waals surface area contributed by atoms with E-state index < -0.39 is 5.79 Å². The van der Waals surface area contributed by atoms with Crippen LogP contribution in [0.3, 0.4) is 0 Å². The SMILES string of the molecule is COCOC1(O)CCCC1. The second kappa shape index (κ2) is 3.32. The van der Waals surface area contributed by atoms with E-state index in [-0.39, 0.29) is 6.79 Å². The van der Waals surface area contributed by atoms with Gasteiger partial charge in [0.15, 0.2) is 5.79 Å². The molecule has 0 aliphatic heterocycles. The van der Waals surface area contributed by atoms with Gasteiger partial charge in [-0.1, -0.05) is 0 Å². The first-order valence-electron chi connectivity index (χ1n) is 3.62. The zero-order valence-corrected chi connectivity index (χ0v) is 6.30. The molecule has 3 heteroatoms. The molecular formula is C7H14O3. The Morgan fingerprint density at radius 2 is 2.00 bits per heavy atom. The highest BCUT2D eigenvalue weighted by Crippen LogP contribution is 2.30. The molecule has 0 spiro atoms. The molecule has 0 aromatic heterocycles. The van der Waals surface area contributed by atoms with Crippen molar-refractivity contribution in [2.75, 3.05) is 13.9 Å². The van der Waals surface area contributed by atoms with Crippen LogP contribution in [0.4, 0.5) is 0 Å². The third-order valence-corrected chi connectivity index (χ3v) is 1.83. The molecule has 1 N–H and O–H groups in total. The summed E-state index contributed by atoms with van der Waals surface area (Å²) >= 11 is 0. The Kier molecular flexibility index (Phi) is 2.65. The van der Waals surface area contributed by atoms with Crippen LogP contribution in [-0.4, -0.2) is 24.8 Å². The van der Waals surface area contributed by atoms with Crippen LogP contribution in [0.1, 0.15) is 25.7 Å². The fourth-order valence-corrected chi connectivity index (χ4v) is 1.24. The van der Waals surface area contributed by atoms with E-state index in [1.165, 1.54) is 0 Å². The predicted molar refractivity (Wildman–Crippen MR) is 36.4 cm³/mol. The summed E-state index contributed by atoms with van der Waals surface area (Å²) in [6, 6.07) is 0. The van der Waals surface area contributed by atoms with E-state index in [1.807, 2.05) is 0 Å². The maximum absolute atomic E-state index is 9.52. The average molecular weight is 146 g/mol. The summed E-state index contributed by atoms with van der Waals surface area (Å²) in [6.07, 6.45) is 3.60. The molecule has 10 heavy (non-hydrogen) atoms. The second-order valence-corrected chi connectivity index (χ2v) is 2.70. The van der Waals surface area contributed by atoms with Crippen molar-refractivity contribution >= 4 is 0 Å². The van der Waals surface area contributed by atoms with Gasteiger partial charge in [-0.3, -0.25) is 0 Å². The molecule has 3 nitrogen and oxygen atoms in total. The lowest BCUT2D eigenvalue weighted by atomic mass is 10.2. The van der Waals surface area contributed by atoms with Crippen molar-refractivity contribution in [1.82, 2.24) is 0 Å². The Hall–Kier alpha value is -0.120. The van der Waals surface area contributed by atoms with Gasteiger partial charge in [-0.2, -0.15) is 0 Å². The summed E-state index contributed by atoms with van der Waals surface area (Å²) in [7, 11) is 1.55. The van der Waals surface area contributed by atoms with Crippen LogP contribution in [0.2, 0.25) is 0 Å². The first-order chi connectivity index (χ1) is 4.77. The predicted octanol–water partition coefficient (Wildman–Crippen LogP) is 0.870. The normalized spacial score (nSPS) is 23.4. The molecule has 0 amide bonds. The fourth-order valence-electron chi connectivity index (χ4n) is 1.24. The summed E-state index contributed by atoms with van der Waals surface area (Å²) in [5.41, 5.74) is 0. The summed E-state index contributed by atoms with van der Waals surface area (Å²) in [5.74, 6) is -0.879. The standard InChI is InChI=1S/C7H14O3/c1-9-6-10-7(8)4-2-3-5-7/h8H,2-6H2,1H3. The number of rotatable bonds is 3. The number of methoxy groups -OCH3 is 1. The lowest BCUT2D eigenvalue weighted by Gasteiger charge is -2.21. The van der Waals surface area contributed by atoms with E-state index >= 15 is 0 Å². The molecule has 1 rings (SSSR count). The summed E-state index contributed by atoms with van der Waals surface area (Å²) in [6.45, 7) is 0.191. The molecule has 0 saturated heterocycles. The van der Waals surface area contributed by atoms with Crippen molar-refractivity contribution in [2.45, 2.75) is 31.5 Å². The van der Waals surface area contributed by atoms with Crippen LogP contribution in [0.15, 0.2) is 0 Å². The van der Waals surface area contributed by atoms with Gasteiger partial charge in [0.1, 0.15) is 6.79 Å². The van der Waals surface area contributed by atoms with Gasteiger partial charge < -0.3 is 14.6 Å². The van der Waals surface area contributed by atoms with Gasteiger partial charge in [0.25, 0.3) is 0 Å². The summed E-state index contributed by atoms with van der Waals surface area (Å²) in [4.78, 5) is 0. The third-order valence-electron chi connectivity index (χ3n) is 1.83. The van der Waals surface area contributed by atoms with Gasteiger partial charge in [0.2, 0.25) is 0 Å². The number of hydrogen-bond acceptors (Lipinski definition) is 3. The number of aliphatic hydroxyl groups is 1. The van der Waals surface area contributed by atoms with Crippen LogP contribution < -0.4 is 0 Å². The van der Waals surface area contributed by atoms with Gasteiger partial charge in [-0.25, -0.2) is 0 Å². The Bertz CT molecular complexity index is 97.0. The highest BCUT2D eigenvalue weighted by atomic mass is 16.7. The molecule has 1 fully saturated rings. The molecule has 0 aromatic carbocycles. The van der Waals surface area contributed by atoms with Gasteiger partial charge in [-0.05, 0) is 12.8 Å². The van der Waals surface area contributed by atoms with E-state index in [0.29, 0.717) is 0 Å². The van der Waals surface area contributed by atoms with Crippen molar-refractivity contribution in [2.24, 2.45) is 0 Å². The van der Waals surface area contributed by atoms with Crippen LogP contribution in [-0.2, 0) is 9.47 Å². The first-order valence-corrected chi connectivity index (χ1v) is 3.62. The Morgan fingerprint density at radius 1 is 1.40 bits per heavy atom. The second-order valence-electron chi connectivity index (χ2n) is 2.70. The Balaban J connectivity index is 2.22. The van der Waals surface area contributed by atoms with Crippen molar-refractivity contribution in [3.05, 3.63) is 0 Å². The molecule has 0 atom stereocenters. The van der Waals surface area contributed by atoms with E-state index in [4.69, 9.17) is 4.74 Å². The highest BCUT2D eigenvalue weighted by Gasteiger charge is 2.31. The van der Waals surface area contributed by atoms with Crippen LogP contribution >= 0.6 is 0 Å².